The Balaban J connectivity index is 1.37. The van der Waals surface area contributed by atoms with Crippen LogP contribution in [0.15, 0.2) is 71.6 Å². The van der Waals surface area contributed by atoms with Gasteiger partial charge in [0.05, 0.1) is 10.9 Å². The molecule has 0 fully saturated rings. The first-order chi connectivity index (χ1) is 15.8. The van der Waals surface area contributed by atoms with Crippen LogP contribution in [0, 0.1) is 6.92 Å². The number of ether oxygens (including phenoxy) is 1. The number of benzene rings is 3. The van der Waals surface area contributed by atoms with Crippen molar-refractivity contribution in [1.29, 1.82) is 0 Å². The molecule has 6 nitrogen and oxygen atoms in total. The molecule has 2 N–H and O–H groups in total. The zero-order valence-electron chi connectivity index (χ0n) is 18.2. The zero-order valence-corrected chi connectivity index (χ0v) is 19.7. The first-order valence-corrected chi connectivity index (χ1v) is 12.6. The number of carbonyl (C=O) groups is 1. The molecular weight excluding hydrogens is 460 g/mol. The normalized spacial score (nSPS) is 15.4. The van der Waals surface area contributed by atoms with E-state index >= 15 is 0 Å². The van der Waals surface area contributed by atoms with Crippen LogP contribution in [-0.2, 0) is 21.2 Å². The molecule has 1 aliphatic carbocycles. The number of nitrogens with one attached hydrogen (secondary N) is 2. The number of hydrogen-bond donors (Lipinski definition) is 2. The lowest BCUT2D eigenvalue weighted by molar-refractivity contribution is -0.124. The first-order valence-electron chi connectivity index (χ1n) is 10.7. The van der Waals surface area contributed by atoms with Crippen molar-refractivity contribution in [2.75, 3.05) is 11.3 Å². The highest BCUT2D eigenvalue weighted by Gasteiger charge is 2.22. The van der Waals surface area contributed by atoms with Crippen molar-refractivity contribution < 1.29 is 17.9 Å². The van der Waals surface area contributed by atoms with E-state index in [-0.39, 0.29) is 23.5 Å². The Bertz CT molecular complexity index is 1260. The van der Waals surface area contributed by atoms with Crippen molar-refractivity contribution in [1.82, 2.24) is 5.32 Å². The largest absolute Gasteiger partial charge is 0.484 e. The van der Waals surface area contributed by atoms with Gasteiger partial charge in [0.1, 0.15) is 5.75 Å². The van der Waals surface area contributed by atoms with Gasteiger partial charge in [-0.1, -0.05) is 35.9 Å². The maximum absolute atomic E-state index is 12.7. The fraction of sp³-hybridized carbons (Fsp3) is 0.240. The summed E-state index contributed by atoms with van der Waals surface area (Å²) in [7, 11) is -3.77. The van der Waals surface area contributed by atoms with Crippen molar-refractivity contribution in [3.05, 3.63) is 88.4 Å². The van der Waals surface area contributed by atoms with Crippen LogP contribution in [0.2, 0.25) is 5.02 Å². The summed E-state index contributed by atoms with van der Waals surface area (Å²) in [5, 5.41) is 3.57. The fourth-order valence-electron chi connectivity index (χ4n) is 3.97. The summed E-state index contributed by atoms with van der Waals surface area (Å²) in [5.74, 6) is 0.247. The zero-order chi connectivity index (χ0) is 23.4. The van der Waals surface area contributed by atoms with Crippen molar-refractivity contribution in [2.24, 2.45) is 0 Å². The van der Waals surface area contributed by atoms with Crippen LogP contribution >= 0.6 is 11.6 Å². The molecule has 3 aromatic rings. The summed E-state index contributed by atoms with van der Waals surface area (Å²) >= 11 is 5.85. The molecule has 172 valence electrons. The standard InChI is InChI=1S/C25H25ClN2O4S/c1-17-15-21(33(30,31)28-20-11-9-19(26)10-12-20)13-14-24(17)32-16-25(29)27-23-8-4-6-18-5-2-3-7-22(18)23/h2-3,5,7,9-15,23,28H,4,6,8,16H2,1H3,(H,27,29)/t23-/m1/s1. The average Bonchev–Trinajstić information content (AvgIpc) is 2.80. The van der Waals surface area contributed by atoms with Crippen LogP contribution < -0.4 is 14.8 Å². The molecule has 3 aromatic carbocycles. The maximum atomic E-state index is 12.7. The van der Waals surface area contributed by atoms with Gasteiger partial charge in [-0.2, -0.15) is 0 Å². The van der Waals surface area contributed by atoms with Crippen molar-refractivity contribution in [3.8, 4) is 5.75 Å². The van der Waals surface area contributed by atoms with Crippen LogP contribution in [0.3, 0.4) is 0 Å². The van der Waals surface area contributed by atoms with Crippen molar-refractivity contribution >= 4 is 33.2 Å². The quantitative estimate of drug-likeness (QED) is 0.493. The van der Waals surface area contributed by atoms with Gasteiger partial charge in [0, 0.05) is 10.7 Å². The highest BCUT2D eigenvalue weighted by Crippen LogP contribution is 2.29. The third-order valence-corrected chi connectivity index (χ3v) is 7.25. The SMILES string of the molecule is Cc1cc(S(=O)(=O)Nc2ccc(Cl)cc2)ccc1OCC(=O)N[C@@H]1CCCc2ccccc21. The van der Waals surface area contributed by atoms with Crippen LogP contribution in [-0.4, -0.2) is 20.9 Å². The summed E-state index contributed by atoms with van der Waals surface area (Å²) in [6.07, 6.45) is 2.96. The Kier molecular flexibility index (Phi) is 6.91. The highest BCUT2D eigenvalue weighted by atomic mass is 35.5. The Hall–Kier alpha value is -3.03. The maximum Gasteiger partial charge on any atom is 0.261 e. The molecule has 1 atom stereocenters. The molecule has 4 rings (SSSR count). The van der Waals surface area contributed by atoms with Gasteiger partial charge in [0.15, 0.2) is 6.61 Å². The predicted molar refractivity (Wildman–Crippen MR) is 129 cm³/mol. The van der Waals surface area contributed by atoms with E-state index in [1.165, 1.54) is 17.7 Å². The van der Waals surface area contributed by atoms with E-state index in [9.17, 15) is 13.2 Å². The van der Waals surface area contributed by atoms with Crippen LogP contribution in [0.1, 0.15) is 35.6 Å². The van der Waals surface area contributed by atoms with E-state index in [2.05, 4.69) is 22.2 Å². The van der Waals surface area contributed by atoms with E-state index in [4.69, 9.17) is 16.3 Å². The highest BCUT2D eigenvalue weighted by molar-refractivity contribution is 7.92. The van der Waals surface area contributed by atoms with Crippen LogP contribution in [0.4, 0.5) is 5.69 Å². The van der Waals surface area contributed by atoms with Gasteiger partial charge in [0.2, 0.25) is 0 Å². The molecule has 8 heteroatoms. The molecule has 0 aliphatic heterocycles. The lowest BCUT2D eigenvalue weighted by Gasteiger charge is -2.26. The number of halogens is 1. The summed E-state index contributed by atoms with van der Waals surface area (Å²) < 4.78 is 33.6. The molecule has 0 heterocycles. The first kappa shape index (κ1) is 23.1. The van der Waals surface area contributed by atoms with Gasteiger partial charge in [-0.05, 0) is 85.3 Å². The molecule has 33 heavy (non-hydrogen) atoms. The number of anilines is 1. The number of hydrogen-bond acceptors (Lipinski definition) is 4. The second kappa shape index (κ2) is 9.85. The van der Waals surface area contributed by atoms with E-state index < -0.39 is 10.0 Å². The minimum absolute atomic E-state index is 0.0152. The van der Waals surface area contributed by atoms with Gasteiger partial charge in [0.25, 0.3) is 15.9 Å². The molecule has 0 saturated carbocycles. The molecule has 1 aliphatic rings. The van der Waals surface area contributed by atoms with E-state index in [1.807, 2.05) is 12.1 Å². The monoisotopic (exact) mass is 484 g/mol. The van der Waals surface area contributed by atoms with E-state index in [0.29, 0.717) is 22.0 Å². The lowest BCUT2D eigenvalue weighted by atomic mass is 9.88. The molecule has 0 spiro atoms. The fourth-order valence-corrected chi connectivity index (χ4v) is 5.24. The predicted octanol–water partition coefficient (Wildman–Crippen LogP) is 5.02. The topological polar surface area (TPSA) is 84.5 Å². The van der Waals surface area contributed by atoms with Gasteiger partial charge < -0.3 is 10.1 Å². The second-order valence-electron chi connectivity index (χ2n) is 8.04. The van der Waals surface area contributed by atoms with Gasteiger partial charge >= 0.3 is 0 Å². The number of rotatable bonds is 7. The summed E-state index contributed by atoms with van der Waals surface area (Å²) in [6, 6.07) is 19.1. The van der Waals surface area contributed by atoms with Gasteiger partial charge in [-0.15, -0.1) is 0 Å². The van der Waals surface area contributed by atoms with Crippen molar-refractivity contribution in [2.45, 2.75) is 37.1 Å². The molecule has 0 unspecified atom stereocenters. The Labute approximate surface area is 199 Å². The van der Waals surface area contributed by atoms with E-state index in [0.717, 1.165) is 24.8 Å². The molecule has 0 radical (unpaired) electrons. The number of fused-ring (bicyclic) bond motifs is 1. The molecule has 0 saturated heterocycles. The number of amides is 1. The number of carbonyl (C=O) groups excluding carboxylic acids is 1. The summed E-state index contributed by atoms with van der Waals surface area (Å²) in [4.78, 5) is 12.6. The summed E-state index contributed by atoms with van der Waals surface area (Å²) in [6.45, 7) is 1.60. The van der Waals surface area contributed by atoms with Crippen LogP contribution in [0.25, 0.3) is 0 Å². The Morgan fingerprint density at radius 1 is 1.09 bits per heavy atom. The minimum Gasteiger partial charge on any atom is -0.484 e. The van der Waals surface area contributed by atoms with Gasteiger partial charge in [-0.3, -0.25) is 9.52 Å². The second-order valence-corrected chi connectivity index (χ2v) is 10.2. The molecule has 0 bridgehead atoms. The summed E-state index contributed by atoms with van der Waals surface area (Å²) in [5.41, 5.74) is 3.47. The lowest BCUT2D eigenvalue weighted by Crippen LogP contribution is -2.34. The van der Waals surface area contributed by atoms with Crippen LogP contribution in [0.5, 0.6) is 5.75 Å². The average molecular weight is 485 g/mol. The number of sulfonamides is 1. The minimum atomic E-state index is -3.77. The third-order valence-electron chi connectivity index (χ3n) is 5.62. The molecule has 1 amide bonds. The third kappa shape index (κ3) is 5.67. The van der Waals surface area contributed by atoms with Gasteiger partial charge in [-0.25, -0.2) is 8.42 Å². The molecule has 0 aromatic heterocycles. The molecular formula is C25H25ClN2O4S. The Morgan fingerprint density at radius 2 is 1.85 bits per heavy atom. The van der Waals surface area contributed by atoms with Crippen molar-refractivity contribution in [3.63, 3.8) is 0 Å². The number of aryl methyl sites for hydroxylation is 2. The van der Waals surface area contributed by atoms with E-state index in [1.54, 1.807) is 37.3 Å². The Morgan fingerprint density at radius 3 is 2.61 bits per heavy atom. The smallest absolute Gasteiger partial charge is 0.261 e.